The van der Waals surface area contributed by atoms with E-state index in [1.807, 2.05) is 43.6 Å². The monoisotopic (exact) mass is 448 g/mol. The number of aromatic amines is 1. The summed E-state index contributed by atoms with van der Waals surface area (Å²) in [6.45, 7) is 1.94. The predicted octanol–water partition coefficient (Wildman–Crippen LogP) is 3.25. The third kappa shape index (κ3) is 4.58. The normalized spacial score (nSPS) is 20.3. The minimum absolute atomic E-state index is 0.0306. The number of nitrogens with zero attached hydrogens (tertiary/aromatic N) is 2. The standard InChI is InChI=1S/C25H28N4O4/c1-29-14-17-3-5-20(31-2)9-18(17)10-23(29)25(30)28-22-6-4-16(19-12-26-27-13-19)11-24(22)33-21-7-8-32-15-21/h3-6,9,11-13,21,23H,7-8,10,14-15H2,1-2H3,(H,26,27)(H,28,30)/t21?,23-/m1/s1. The summed E-state index contributed by atoms with van der Waals surface area (Å²) < 4.78 is 17.1. The van der Waals surface area contributed by atoms with E-state index in [1.165, 1.54) is 5.56 Å². The highest BCUT2D eigenvalue weighted by atomic mass is 16.5. The van der Waals surface area contributed by atoms with Gasteiger partial charge in [-0.15, -0.1) is 0 Å². The Hall–Kier alpha value is -3.36. The first-order valence-electron chi connectivity index (χ1n) is 11.1. The number of aromatic nitrogens is 2. The zero-order valence-electron chi connectivity index (χ0n) is 18.8. The number of nitrogens with one attached hydrogen (secondary N) is 2. The molecule has 0 spiro atoms. The maximum atomic E-state index is 13.4. The summed E-state index contributed by atoms with van der Waals surface area (Å²) in [5, 5.41) is 9.98. The molecule has 0 aliphatic carbocycles. The fraction of sp³-hybridized carbons (Fsp3) is 0.360. The molecule has 8 nitrogen and oxygen atoms in total. The van der Waals surface area contributed by atoms with Crippen LogP contribution in [-0.4, -0.2) is 60.5 Å². The largest absolute Gasteiger partial charge is 0.497 e. The smallest absolute Gasteiger partial charge is 0.242 e. The van der Waals surface area contributed by atoms with Crippen LogP contribution in [-0.2, 0) is 22.5 Å². The Morgan fingerprint density at radius 1 is 1.21 bits per heavy atom. The molecule has 5 rings (SSSR count). The number of methoxy groups -OCH3 is 1. The van der Waals surface area contributed by atoms with Crippen molar-refractivity contribution in [3.05, 3.63) is 59.9 Å². The lowest BCUT2D eigenvalue weighted by molar-refractivity contribution is -0.121. The molecule has 0 saturated carbocycles. The number of hydrogen-bond acceptors (Lipinski definition) is 6. The van der Waals surface area contributed by atoms with Gasteiger partial charge in [-0.1, -0.05) is 12.1 Å². The number of H-pyrrole nitrogens is 1. The molecule has 1 unspecified atom stereocenters. The number of rotatable bonds is 6. The Morgan fingerprint density at radius 2 is 2.12 bits per heavy atom. The van der Waals surface area contributed by atoms with Crippen LogP contribution in [0.1, 0.15) is 17.5 Å². The second-order valence-corrected chi connectivity index (χ2v) is 8.56. The van der Waals surface area contributed by atoms with Crippen molar-refractivity contribution >= 4 is 11.6 Å². The van der Waals surface area contributed by atoms with Crippen LogP contribution in [0.25, 0.3) is 11.1 Å². The van der Waals surface area contributed by atoms with Gasteiger partial charge in [0.15, 0.2) is 0 Å². The topological polar surface area (TPSA) is 88.7 Å². The van der Waals surface area contributed by atoms with Gasteiger partial charge in [0.25, 0.3) is 0 Å². The fourth-order valence-corrected chi connectivity index (χ4v) is 4.42. The van der Waals surface area contributed by atoms with Crippen molar-refractivity contribution in [2.75, 3.05) is 32.7 Å². The molecule has 3 aromatic rings. The molecule has 2 atom stereocenters. The highest BCUT2D eigenvalue weighted by molar-refractivity contribution is 5.97. The van der Waals surface area contributed by atoms with Gasteiger partial charge in [0.2, 0.25) is 5.91 Å². The summed E-state index contributed by atoms with van der Waals surface area (Å²) in [4.78, 5) is 15.4. The molecule has 2 aliphatic rings. The lowest BCUT2D eigenvalue weighted by Crippen LogP contribution is -2.45. The summed E-state index contributed by atoms with van der Waals surface area (Å²) in [5.74, 6) is 1.38. The average Bonchev–Trinajstić information content (AvgIpc) is 3.54. The number of hydrogen-bond donors (Lipinski definition) is 2. The Balaban J connectivity index is 1.38. The Labute approximate surface area is 192 Å². The molecule has 2 aliphatic heterocycles. The van der Waals surface area contributed by atoms with Crippen LogP contribution < -0.4 is 14.8 Å². The minimum Gasteiger partial charge on any atom is -0.497 e. The van der Waals surface area contributed by atoms with Crippen LogP contribution in [0.5, 0.6) is 11.5 Å². The number of amides is 1. The minimum atomic E-state index is -0.291. The van der Waals surface area contributed by atoms with Gasteiger partial charge >= 0.3 is 0 Å². The lowest BCUT2D eigenvalue weighted by Gasteiger charge is -2.33. The summed E-state index contributed by atoms with van der Waals surface area (Å²) in [7, 11) is 3.64. The number of likely N-dealkylation sites (N-methyl/N-ethyl adjacent to an activating group) is 1. The van der Waals surface area contributed by atoms with Gasteiger partial charge in [0.05, 0.1) is 38.2 Å². The number of ether oxygens (including phenoxy) is 3. The van der Waals surface area contributed by atoms with Crippen LogP contribution in [0.15, 0.2) is 48.8 Å². The van der Waals surface area contributed by atoms with Crippen LogP contribution in [0.2, 0.25) is 0 Å². The summed E-state index contributed by atoms with van der Waals surface area (Å²) >= 11 is 0. The van der Waals surface area contributed by atoms with E-state index in [2.05, 4.69) is 26.5 Å². The van der Waals surface area contributed by atoms with E-state index in [9.17, 15) is 4.79 Å². The number of anilines is 1. The van der Waals surface area contributed by atoms with E-state index >= 15 is 0 Å². The van der Waals surface area contributed by atoms with Crippen molar-refractivity contribution in [1.29, 1.82) is 0 Å². The van der Waals surface area contributed by atoms with Gasteiger partial charge < -0.3 is 19.5 Å². The Kier molecular flexibility index (Phi) is 6.02. The number of carbonyl (C=O) groups excluding carboxylic acids is 1. The van der Waals surface area contributed by atoms with E-state index in [0.29, 0.717) is 37.6 Å². The van der Waals surface area contributed by atoms with Gasteiger partial charge in [-0.25, -0.2) is 0 Å². The van der Waals surface area contributed by atoms with Crippen molar-refractivity contribution < 1.29 is 19.0 Å². The van der Waals surface area contributed by atoms with Crippen molar-refractivity contribution in [2.24, 2.45) is 0 Å². The molecule has 1 aromatic heterocycles. The number of fused-ring (bicyclic) bond motifs is 1. The first-order valence-corrected chi connectivity index (χ1v) is 11.1. The summed E-state index contributed by atoms with van der Waals surface area (Å²) in [5.41, 5.74) is 4.94. The Bertz CT molecular complexity index is 1130. The van der Waals surface area contributed by atoms with Crippen LogP contribution in [0.3, 0.4) is 0 Å². The van der Waals surface area contributed by atoms with E-state index in [0.717, 1.165) is 28.9 Å². The highest BCUT2D eigenvalue weighted by Gasteiger charge is 2.30. The quantitative estimate of drug-likeness (QED) is 0.602. The van der Waals surface area contributed by atoms with Crippen molar-refractivity contribution in [3.8, 4) is 22.6 Å². The molecule has 0 bridgehead atoms. The van der Waals surface area contributed by atoms with Crippen molar-refractivity contribution in [3.63, 3.8) is 0 Å². The van der Waals surface area contributed by atoms with Crippen molar-refractivity contribution in [1.82, 2.24) is 15.1 Å². The van der Waals surface area contributed by atoms with Crippen LogP contribution >= 0.6 is 0 Å². The van der Waals surface area contributed by atoms with Gasteiger partial charge in [-0.2, -0.15) is 5.10 Å². The lowest BCUT2D eigenvalue weighted by atomic mass is 9.93. The maximum Gasteiger partial charge on any atom is 0.242 e. The SMILES string of the molecule is COc1ccc2c(c1)C[C@H](C(=O)Nc1ccc(-c3cn[nH]c3)cc1OC1CCOC1)N(C)C2. The number of benzene rings is 2. The molecule has 172 valence electrons. The molecule has 1 fully saturated rings. The molecular weight excluding hydrogens is 420 g/mol. The molecule has 0 radical (unpaired) electrons. The van der Waals surface area contributed by atoms with E-state index in [4.69, 9.17) is 14.2 Å². The summed E-state index contributed by atoms with van der Waals surface area (Å²) in [6.07, 6.45) is 5.01. The fourth-order valence-electron chi connectivity index (χ4n) is 4.42. The van der Waals surface area contributed by atoms with Gasteiger partial charge in [-0.05, 0) is 54.4 Å². The zero-order valence-corrected chi connectivity index (χ0v) is 18.8. The maximum absolute atomic E-state index is 13.4. The van der Waals surface area contributed by atoms with E-state index < -0.39 is 0 Å². The first-order chi connectivity index (χ1) is 16.1. The van der Waals surface area contributed by atoms with Gasteiger partial charge in [-0.3, -0.25) is 14.8 Å². The molecule has 2 N–H and O–H groups in total. The second kappa shape index (κ2) is 9.25. The average molecular weight is 449 g/mol. The third-order valence-electron chi connectivity index (χ3n) is 6.33. The third-order valence-corrected chi connectivity index (χ3v) is 6.33. The zero-order chi connectivity index (χ0) is 22.8. The number of carbonyl (C=O) groups is 1. The van der Waals surface area contributed by atoms with Gasteiger partial charge in [0, 0.05) is 24.7 Å². The van der Waals surface area contributed by atoms with Crippen LogP contribution in [0, 0.1) is 0 Å². The van der Waals surface area contributed by atoms with Gasteiger partial charge in [0.1, 0.15) is 17.6 Å². The van der Waals surface area contributed by atoms with E-state index in [-0.39, 0.29) is 18.1 Å². The molecule has 1 saturated heterocycles. The first kappa shape index (κ1) is 21.5. The Morgan fingerprint density at radius 3 is 2.88 bits per heavy atom. The summed E-state index contributed by atoms with van der Waals surface area (Å²) in [6, 6.07) is 11.6. The van der Waals surface area contributed by atoms with Crippen molar-refractivity contribution in [2.45, 2.75) is 31.5 Å². The second-order valence-electron chi connectivity index (χ2n) is 8.56. The predicted molar refractivity (Wildman–Crippen MR) is 124 cm³/mol. The molecular formula is C25H28N4O4. The molecule has 33 heavy (non-hydrogen) atoms. The molecule has 2 aromatic carbocycles. The molecule has 3 heterocycles. The molecule has 8 heteroatoms. The molecule has 1 amide bonds. The van der Waals surface area contributed by atoms with Crippen LogP contribution in [0.4, 0.5) is 5.69 Å². The van der Waals surface area contributed by atoms with E-state index in [1.54, 1.807) is 13.3 Å². The highest BCUT2D eigenvalue weighted by Crippen LogP contribution is 2.33.